The van der Waals surface area contributed by atoms with E-state index in [1.54, 1.807) is 18.2 Å². The Morgan fingerprint density at radius 1 is 0.925 bits per heavy atom. The molecule has 4 rings (SSSR count). The molecule has 3 aromatic carbocycles. The Kier molecular flexibility index (Phi) is 9.97. The molecule has 212 valence electrons. The predicted molar refractivity (Wildman–Crippen MR) is 157 cm³/mol. The smallest absolute Gasteiger partial charge is 0.261 e. The Morgan fingerprint density at radius 2 is 1.57 bits per heavy atom. The average Bonchev–Trinajstić information content (AvgIpc) is 2.95. The number of nitrogens with zero attached hydrogens (tertiary/aromatic N) is 1. The second-order valence-corrected chi connectivity index (χ2v) is 11.7. The maximum absolute atomic E-state index is 14.8. The number of carbonyl (C=O) groups is 2. The predicted octanol–water partition coefficient (Wildman–Crippen LogP) is 6.59. The molecule has 1 N–H and O–H groups in total. The molecule has 1 fully saturated rings. The van der Waals surface area contributed by atoms with E-state index in [0.717, 1.165) is 36.8 Å². The van der Waals surface area contributed by atoms with Crippen LogP contribution in [0.1, 0.15) is 69.6 Å². The fourth-order valence-electron chi connectivity index (χ4n) is 5.34. The van der Waals surface area contributed by atoms with Gasteiger partial charge in [-0.15, -0.1) is 0 Å². The van der Waals surface area contributed by atoms with Gasteiger partial charge in [-0.25, -0.2) is 4.39 Å². The second kappa shape index (κ2) is 13.6. The third-order valence-electron chi connectivity index (χ3n) is 7.57. The van der Waals surface area contributed by atoms with Crippen LogP contribution >= 0.6 is 0 Å². The Balaban J connectivity index is 1.64. The first kappa shape index (κ1) is 29.3. The van der Waals surface area contributed by atoms with E-state index in [1.807, 2.05) is 54.6 Å². The molecule has 5 nitrogen and oxygen atoms in total. The highest BCUT2D eigenvalue weighted by atomic mass is 19.1. The lowest BCUT2D eigenvalue weighted by Gasteiger charge is -2.33. The van der Waals surface area contributed by atoms with Crippen molar-refractivity contribution in [2.75, 3.05) is 6.61 Å². The van der Waals surface area contributed by atoms with Crippen LogP contribution in [-0.2, 0) is 28.0 Å². The van der Waals surface area contributed by atoms with Crippen molar-refractivity contribution in [2.24, 2.45) is 0 Å². The Hall–Kier alpha value is -3.67. The van der Waals surface area contributed by atoms with Crippen LogP contribution < -0.4 is 10.1 Å². The van der Waals surface area contributed by atoms with E-state index >= 15 is 0 Å². The second-order valence-electron chi connectivity index (χ2n) is 11.7. The topological polar surface area (TPSA) is 58.6 Å². The summed E-state index contributed by atoms with van der Waals surface area (Å²) in [5.41, 5.74) is 2.09. The van der Waals surface area contributed by atoms with Gasteiger partial charge in [-0.05, 0) is 41.5 Å². The SMILES string of the molecule is CC(C)(C)c1ccccc1OCC(=O)N(Cc1ccccc1F)C(Cc1ccccc1)C(=O)NC1CCCCC1. The molecule has 0 saturated heterocycles. The van der Waals surface area contributed by atoms with Crippen LogP contribution in [0.5, 0.6) is 5.75 Å². The van der Waals surface area contributed by atoms with Gasteiger partial charge in [0, 0.05) is 24.6 Å². The van der Waals surface area contributed by atoms with Gasteiger partial charge in [0.05, 0.1) is 0 Å². The molecule has 2 amide bonds. The van der Waals surface area contributed by atoms with E-state index in [4.69, 9.17) is 4.74 Å². The van der Waals surface area contributed by atoms with Crippen molar-refractivity contribution < 1.29 is 18.7 Å². The molecule has 1 atom stereocenters. The van der Waals surface area contributed by atoms with E-state index in [2.05, 4.69) is 26.1 Å². The number of rotatable bonds is 10. The van der Waals surface area contributed by atoms with E-state index in [0.29, 0.717) is 17.7 Å². The van der Waals surface area contributed by atoms with Crippen LogP contribution in [0.25, 0.3) is 0 Å². The van der Waals surface area contributed by atoms with Gasteiger partial charge in [-0.2, -0.15) is 0 Å². The first-order valence-electron chi connectivity index (χ1n) is 14.3. The first-order valence-corrected chi connectivity index (χ1v) is 14.3. The standard InChI is InChI=1S/C34H41FN2O3/c1-34(2,3)28-19-11-13-21-31(28)40-24-32(38)37(23-26-16-10-12-20-29(26)35)30(22-25-14-6-4-7-15-25)33(39)36-27-17-8-5-9-18-27/h4,6-7,10-16,19-21,27,30H,5,8-9,17-18,22-24H2,1-3H3,(H,36,39). The van der Waals surface area contributed by atoms with Gasteiger partial charge in [-0.1, -0.05) is 107 Å². The number of hydrogen-bond donors (Lipinski definition) is 1. The molecule has 40 heavy (non-hydrogen) atoms. The average molecular weight is 545 g/mol. The first-order chi connectivity index (χ1) is 19.2. The van der Waals surface area contributed by atoms with Gasteiger partial charge in [0.1, 0.15) is 17.6 Å². The monoisotopic (exact) mass is 544 g/mol. The van der Waals surface area contributed by atoms with Crippen LogP contribution in [0.15, 0.2) is 78.9 Å². The number of benzene rings is 3. The summed E-state index contributed by atoms with van der Waals surface area (Å²) in [4.78, 5) is 29.3. The minimum Gasteiger partial charge on any atom is -0.483 e. The van der Waals surface area contributed by atoms with E-state index in [9.17, 15) is 14.0 Å². The minimum absolute atomic E-state index is 0.0363. The molecule has 1 saturated carbocycles. The molecule has 1 unspecified atom stereocenters. The van der Waals surface area contributed by atoms with Crippen LogP contribution in [-0.4, -0.2) is 35.4 Å². The van der Waals surface area contributed by atoms with Crippen LogP contribution in [0.2, 0.25) is 0 Å². The summed E-state index contributed by atoms with van der Waals surface area (Å²) in [6, 6.07) is 23.0. The zero-order valence-corrected chi connectivity index (χ0v) is 23.9. The third kappa shape index (κ3) is 7.93. The lowest BCUT2D eigenvalue weighted by atomic mass is 9.86. The molecule has 0 heterocycles. The van der Waals surface area contributed by atoms with Gasteiger partial charge in [0.25, 0.3) is 5.91 Å². The van der Waals surface area contributed by atoms with Crippen molar-refractivity contribution >= 4 is 11.8 Å². The zero-order chi connectivity index (χ0) is 28.5. The summed E-state index contributed by atoms with van der Waals surface area (Å²) in [6.07, 6.45) is 5.50. The van der Waals surface area contributed by atoms with Gasteiger partial charge in [-0.3, -0.25) is 9.59 Å². The minimum atomic E-state index is -0.821. The van der Waals surface area contributed by atoms with Crippen molar-refractivity contribution in [3.05, 3.63) is 101 Å². The molecule has 0 bridgehead atoms. The van der Waals surface area contributed by atoms with Gasteiger partial charge in [0.2, 0.25) is 5.91 Å². The third-order valence-corrected chi connectivity index (χ3v) is 7.57. The summed E-state index contributed by atoms with van der Waals surface area (Å²) >= 11 is 0. The summed E-state index contributed by atoms with van der Waals surface area (Å²) in [5, 5.41) is 3.21. The molecule has 1 aliphatic rings. The number of ether oxygens (including phenoxy) is 1. The molecular formula is C34H41FN2O3. The van der Waals surface area contributed by atoms with Crippen LogP contribution in [0.4, 0.5) is 4.39 Å². The van der Waals surface area contributed by atoms with Crippen molar-refractivity contribution in [1.29, 1.82) is 0 Å². The van der Waals surface area contributed by atoms with Crippen LogP contribution in [0, 0.1) is 5.82 Å². The highest BCUT2D eigenvalue weighted by Gasteiger charge is 2.33. The van der Waals surface area contributed by atoms with E-state index < -0.39 is 11.9 Å². The fraction of sp³-hybridized carbons (Fsp3) is 0.412. The number of nitrogens with one attached hydrogen (secondary N) is 1. The normalized spacial score (nSPS) is 14.8. The highest BCUT2D eigenvalue weighted by molar-refractivity contribution is 5.88. The van der Waals surface area contributed by atoms with Gasteiger partial charge >= 0.3 is 0 Å². The number of amides is 2. The number of carbonyl (C=O) groups excluding carboxylic acids is 2. The Labute approximate surface area is 237 Å². The summed E-state index contributed by atoms with van der Waals surface area (Å²) in [6.45, 7) is 5.97. The lowest BCUT2D eigenvalue weighted by molar-refractivity contribution is -0.143. The largest absolute Gasteiger partial charge is 0.483 e. The van der Waals surface area contributed by atoms with Crippen LogP contribution in [0.3, 0.4) is 0 Å². The molecule has 1 aliphatic carbocycles. The highest BCUT2D eigenvalue weighted by Crippen LogP contribution is 2.31. The van der Waals surface area contributed by atoms with Gasteiger partial charge < -0.3 is 15.0 Å². The Morgan fingerprint density at radius 3 is 2.27 bits per heavy atom. The quantitative estimate of drug-likeness (QED) is 0.313. The van der Waals surface area contributed by atoms with Crippen molar-refractivity contribution in [2.45, 2.75) is 83.3 Å². The van der Waals surface area contributed by atoms with Crippen molar-refractivity contribution in [1.82, 2.24) is 10.2 Å². The molecule has 0 aliphatic heterocycles. The summed E-state index contributed by atoms with van der Waals surface area (Å²) < 4.78 is 20.9. The van der Waals surface area contributed by atoms with Crippen molar-refractivity contribution in [3.8, 4) is 5.75 Å². The maximum atomic E-state index is 14.8. The molecule has 6 heteroatoms. The molecule has 0 aromatic heterocycles. The molecular weight excluding hydrogens is 503 g/mol. The van der Waals surface area contributed by atoms with E-state index in [-0.39, 0.29) is 36.4 Å². The molecule has 0 radical (unpaired) electrons. The zero-order valence-electron chi connectivity index (χ0n) is 23.9. The molecule has 3 aromatic rings. The fourth-order valence-corrected chi connectivity index (χ4v) is 5.34. The van der Waals surface area contributed by atoms with Crippen molar-refractivity contribution in [3.63, 3.8) is 0 Å². The number of halogens is 1. The van der Waals surface area contributed by atoms with E-state index in [1.165, 1.54) is 17.4 Å². The summed E-state index contributed by atoms with van der Waals surface area (Å²) in [5.74, 6) is -0.367. The Bertz CT molecular complexity index is 1270. The van der Waals surface area contributed by atoms with Gasteiger partial charge in [0.15, 0.2) is 6.61 Å². The maximum Gasteiger partial charge on any atom is 0.261 e. The lowest BCUT2D eigenvalue weighted by Crippen LogP contribution is -2.53. The number of para-hydroxylation sites is 1. The molecule has 0 spiro atoms. The summed E-state index contributed by atoms with van der Waals surface area (Å²) in [7, 11) is 0. The number of hydrogen-bond acceptors (Lipinski definition) is 3.